The fraction of sp³-hybridized carbons (Fsp3) is 0.125. The number of aliphatic imine (C=N–C) groups is 2. The van der Waals surface area contributed by atoms with E-state index in [1.807, 2.05) is 65.6 Å². The smallest absolute Gasteiger partial charge is 0.271 e. The highest BCUT2D eigenvalue weighted by Gasteiger charge is 2.41. The van der Waals surface area contributed by atoms with Crippen LogP contribution in [0.4, 0.5) is 10.1 Å². The van der Waals surface area contributed by atoms with Crippen molar-refractivity contribution in [1.82, 2.24) is 4.90 Å². The van der Waals surface area contributed by atoms with Crippen LogP contribution in [0.1, 0.15) is 16.7 Å². The van der Waals surface area contributed by atoms with Gasteiger partial charge in [0, 0.05) is 17.7 Å². The maximum atomic E-state index is 13.6. The van der Waals surface area contributed by atoms with E-state index in [4.69, 9.17) is 4.99 Å². The Labute approximate surface area is 178 Å². The van der Waals surface area contributed by atoms with Gasteiger partial charge in [0.2, 0.25) is 0 Å². The number of para-hydroxylation sites is 1. The maximum Gasteiger partial charge on any atom is 0.271 e. The summed E-state index contributed by atoms with van der Waals surface area (Å²) >= 11 is 1.49. The van der Waals surface area contributed by atoms with Crippen LogP contribution in [-0.2, 0) is 17.0 Å². The van der Waals surface area contributed by atoms with Crippen LogP contribution in [0, 0.1) is 5.82 Å². The summed E-state index contributed by atoms with van der Waals surface area (Å²) in [5.74, 6) is 0.775. The van der Waals surface area contributed by atoms with Gasteiger partial charge in [0.15, 0.2) is 5.17 Å². The Morgan fingerprint density at radius 1 is 0.900 bits per heavy atom. The van der Waals surface area contributed by atoms with Crippen molar-refractivity contribution in [2.45, 2.75) is 18.2 Å². The van der Waals surface area contributed by atoms with Gasteiger partial charge in [0.1, 0.15) is 17.7 Å². The van der Waals surface area contributed by atoms with Crippen molar-refractivity contribution in [3.05, 3.63) is 101 Å². The fourth-order valence-electron chi connectivity index (χ4n) is 3.71. The molecule has 1 unspecified atom stereocenters. The average Bonchev–Trinajstić information content (AvgIpc) is 3.09. The Morgan fingerprint density at radius 3 is 2.50 bits per heavy atom. The van der Waals surface area contributed by atoms with Gasteiger partial charge < -0.3 is 0 Å². The van der Waals surface area contributed by atoms with Crippen molar-refractivity contribution < 1.29 is 9.18 Å². The zero-order valence-corrected chi connectivity index (χ0v) is 16.8. The molecule has 0 spiro atoms. The number of nitrogens with zero attached hydrogens (tertiary/aromatic N) is 3. The molecule has 3 aromatic carbocycles. The lowest BCUT2D eigenvalue weighted by molar-refractivity contribution is -0.119. The zero-order chi connectivity index (χ0) is 20.5. The second-order valence-electron chi connectivity index (χ2n) is 7.18. The molecular formula is C24H18FN3OS. The summed E-state index contributed by atoms with van der Waals surface area (Å²) in [6.45, 7) is 0. The number of amidine groups is 2. The number of hydrogen-bond acceptors (Lipinski definition) is 4. The Morgan fingerprint density at radius 2 is 1.67 bits per heavy atom. The molecule has 2 heterocycles. The Bertz CT molecular complexity index is 1180. The Balaban J connectivity index is 1.49. The van der Waals surface area contributed by atoms with E-state index in [-0.39, 0.29) is 11.7 Å². The van der Waals surface area contributed by atoms with Crippen LogP contribution < -0.4 is 0 Å². The lowest BCUT2D eigenvalue weighted by Gasteiger charge is -2.31. The minimum absolute atomic E-state index is 0.162. The van der Waals surface area contributed by atoms with E-state index < -0.39 is 6.04 Å². The van der Waals surface area contributed by atoms with Crippen LogP contribution >= 0.6 is 11.8 Å². The summed E-state index contributed by atoms with van der Waals surface area (Å²) in [6, 6.07) is 23.7. The molecule has 1 atom stereocenters. The molecule has 0 radical (unpaired) electrons. The van der Waals surface area contributed by atoms with E-state index in [0.29, 0.717) is 23.2 Å². The quantitative estimate of drug-likeness (QED) is 0.605. The van der Waals surface area contributed by atoms with Crippen LogP contribution in [-0.4, -0.2) is 27.9 Å². The van der Waals surface area contributed by atoms with Gasteiger partial charge >= 0.3 is 0 Å². The third kappa shape index (κ3) is 3.55. The summed E-state index contributed by atoms with van der Waals surface area (Å²) < 4.78 is 13.6. The number of benzene rings is 3. The third-order valence-corrected chi connectivity index (χ3v) is 6.16. The van der Waals surface area contributed by atoms with Gasteiger partial charge in [0.05, 0.1) is 5.69 Å². The van der Waals surface area contributed by atoms with E-state index in [1.165, 1.54) is 23.9 Å². The highest BCUT2D eigenvalue weighted by molar-refractivity contribution is 8.13. The van der Waals surface area contributed by atoms with Gasteiger partial charge in [-0.3, -0.25) is 9.69 Å². The zero-order valence-electron chi connectivity index (χ0n) is 16.0. The number of fused-ring (bicyclic) bond motifs is 3. The van der Waals surface area contributed by atoms with E-state index in [2.05, 4.69) is 4.99 Å². The van der Waals surface area contributed by atoms with Gasteiger partial charge in [0.25, 0.3) is 5.91 Å². The molecule has 0 bridgehead atoms. The minimum Gasteiger partial charge on any atom is -0.292 e. The summed E-state index contributed by atoms with van der Waals surface area (Å²) in [5.41, 5.74) is 3.59. The van der Waals surface area contributed by atoms with Crippen molar-refractivity contribution in [2.24, 2.45) is 9.98 Å². The molecule has 2 aliphatic rings. The molecule has 0 N–H and O–H groups in total. The minimum atomic E-state index is -0.436. The van der Waals surface area contributed by atoms with Crippen molar-refractivity contribution in [2.75, 3.05) is 0 Å². The summed E-state index contributed by atoms with van der Waals surface area (Å²) in [4.78, 5) is 24.1. The number of carbonyl (C=O) groups excluding carboxylic acids is 1. The molecular weight excluding hydrogens is 397 g/mol. The van der Waals surface area contributed by atoms with Gasteiger partial charge in [-0.15, -0.1) is 0 Å². The number of rotatable bonds is 4. The predicted octanol–water partition coefficient (Wildman–Crippen LogP) is 4.96. The van der Waals surface area contributed by atoms with Crippen LogP contribution in [0.5, 0.6) is 0 Å². The van der Waals surface area contributed by atoms with Gasteiger partial charge in [-0.05, 0) is 35.4 Å². The van der Waals surface area contributed by atoms with E-state index in [9.17, 15) is 9.18 Å². The highest BCUT2D eigenvalue weighted by atomic mass is 32.2. The van der Waals surface area contributed by atoms with Crippen molar-refractivity contribution in [3.63, 3.8) is 0 Å². The first-order valence-corrected chi connectivity index (χ1v) is 10.7. The summed E-state index contributed by atoms with van der Waals surface area (Å²) in [7, 11) is 0. The normalized spacial score (nSPS) is 17.3. The monoisotopic (exact) mass is 415 g/mol. The van der Waals surface area contributed by atoms with Crippen molar-refractivity contribution in [3.8, 4) is 0 Å². The SMILES string of the molecule is O=C1N=C2c3ccccc3N=C(SCc3cccc(F)c3)N2C1Cc1ccccc1. The van der Waals surface area contributed by atoms with E-state index in [1.54, 1.807) is 6.07 Å². The molecule has 0 aromatic heterocycles. The van der Waals surface area contributed by atoms with Crippen LogP contribution in [0.2, 0.25) is 0 Å². The average molecular weight is 415 g/mol. The number of hydrogen-bond donors (Lipinski definition) is 0. The lowest BCUT2D eigenvalue weighted by atomic mass is 10.0. The second kappa shape index (κ2) is 7.88. The summed E-state index contributed by atoms with van der Waals surface area (Å²) in [6.07, 6.45) is 0.550. The third-order valence-electron chi connectivity index (χ3n) is 5.14. The molecule has 148 valence electrons. The maximum absolute atomic E-state index is 13.6. The first-order chi connectivity index (χ1) is 14.7. The van der Waals surface area contributed by atoms with E-state index >= 15 is 0 Å². The Kier molecular flexibility index (Phi) is 4.93. The van der Waals surface area contributed by atoms with Crippen LogP contribution in [0.3, 0.4) is 0 Å². The number of carbonyl (C=O) groups is 1. The standard InChI is InChI=1S/C24H18FN3OS/c25-18-10-6-9-17(13-18)15-30-24-26-20-12-5-4-11-19(20)22-27-23(29)21(28(22)24)14-16-7-2-1-3-8-16/h1-13,21H,14-15H2. The van der Waals surface area contributed by atoms with Gasteiger partial charge in [-0.25, -0.2) is 9.38 Å². The molecule has 5 rings (SSSR count). The molecule has 3 aromatic rings. The lowest BCUT2D eigenvalue weighted by Crippen LogP contribution is -2.44. The molecule has 0 aliphatic carbocycles. The molecule has 2 aliphatic heterocycles. The molecule has 0 fully saturated rings. The van der Waals surface area contributed by atoms with Crippen molar-refractivity contribution >= 4 is 34.4 Å². The number of thioether (sulfide) groups is 1. The first-order valence-electron chi connectivity index (χ1n) is 9.70. The molecule has 30 heavy (non-hydrogen) atoms. The van der Waals surface area contributed by atoms with Crippen LogP contribution in [0.25, 0.3) is 0 Å². The molecule has 4 nitrogen and oxygen atoms in total. The Hall–Kier alpha value is -3.25. The van der Waals surface area contributed by atoms with Crippen molar-refractivity contribution in [1.29, 1.82) is 0 Å². The highest BCUT2D eigenvalue weighted by Crippen LogP contribution is 2.35. The molecule has 1 amide bonds. The first kappa shape index (κ1) is 18.8. The van der Waals surface area contributed by atoms with Crippen LogP contribution in [0.15, 0.2) is 88.8 Å². The van der Waals surface area contributed by atoms with E-state index in [0.717, 1.165) is 22.4 Å². The molecule has 0 saturated heterocycles. The topological polar surface area (TPSA) is 45.0 Å². The summed E-state index contributed by atoms with van der Waals surface area (Å²) in [5, 5.41) is 0.712. The number of halogens is 1. The largest absolute Gasteiger partial charge is 0.292 e. The predicted molar refractivity (Wildman–Crippen MR) is 119 cm³/mol. The molecule has 6 heteroatoms. The molecule has 0 saturated carbocycles. The second-order valence-corrected chi connectivity index (χ2v) is 8.12. The fourth-order valence-corrected chi connectivity index (χ4v) is 4.71. The van der Waals surface area contributed by atoms with Gasteiger partial charge in [-0.1, -0.05) is 66.4 Å². The van der Waals surface area contributed by atoms with Gasteiger partial charge in [-0.2, -0.15) is 4.99 Å². The number of amides is 1.